The smallest absolute Gasteiger partial charge is 0.393 e. The van der Waals surface area contributed by atoms with Gasteiger partial charge in [0, 0.05) is 127 Å². The molecule has 6 rings (SSSR count). The Morgan fingerprint density at radius 3 is 1.24 bits per heavy atom. The molecule has 0 amide bonds. The summed E-state index contributed by atoms with van der Waals surface area (Å²) in [5.41, 5.74) is -0.784. The minimum Gasteiger partial charge on any atom is -0.756 e. The van der Waals surface area contributed by atoms with E-state index in [0.29, 0.717) is 69.9 Å². The van der Waals surface area contributed by atoms with Crippen molar-refractivity contribution >= 4 is 48.7 Å². The normalized spacial score (nSPS) is 27.2. The fourth-order valence-electron chi connectivity index (χ4n) is 8.44. The standard InChI is InChI=1S/C40H80N12O14P4/c1-40(2,3)66-69(56,43-39-48(8)18-19-49(39)9)52-22-27-60-35(30-52)32-64-67(54,41-37-44(4)14-15-45(37)5)50-20-25-59-34(28-50)31-63-68(55,42-38-46(6)16-17-47(38)7)51-21-26-61-36(29-51)33-65-70(57,58)62-24-13-11-10-12-23-53/h34-36,53H,10-33H2,1-9H3,(H,57,58)/p-1/t34-,35-,36-,67?,68?,69?/m0/s1. The van der Waals surface area contributed by atoms with E-state index in [4.69, 9.17) is 56.2 Å². The molecule has 26 nitrogen and oxygen atoms in total. The molecule has 0 saturated carbocycles. The molecule has 7 atom stereocenters. The number of unbranched alkanes of at least 4 members (excludes halogenated alkanes) is 3. The topological polar surface area (TPSA) is 252 Å². The van der Waals surface area contributed by atoms with E-state index in [2.05, 4.69) is 0 Å². The van der Waals surface area contributed by atoms with Crippen molar-refractivity contribution in [3.8, 4) is 0 Å². The molecule has 0 bridgehead atoms. The Bertz CT molecular complexity index is 1990. The van der Waals surface area contributed by atoms with Crippen molar-refractivity contribution in [3.63, 3.8) is 0 Å². The summed E-state index contributed by atoms with van der Waals surface area (Å²) < 4.78 is 125. The second kappa shape index (κ2) is 25.2. The number of ether oxygens (including phenoxy) is 3. The lowest BCUT2D eigenvalue weighted by Crippen LogP contribution is -2.46. The summed E-state index contributed by atoms with van der Waals surface area (Å²) in [6.07, 6.45) is 0.352. The number of hydrogen-bond donors (Lipinski definition) is 1. The number of nitrogens with zero attached hydrogens (tertiary/aromatic N) is 12. The molecule has 4 unspecified atom stereocenters. The Hall–Kier alpha value is -1.79. The van der Waals surface area contributed by atoms with E-state index in [1.165, 1.54) is 0 Å². The van der Waals surface area contributed by atoms with Crippen LogP contribution >= 0.6 is 30.8 Å². The van der Waals surface area contributed by atoms with Gasteiger partial charge in [0.05, 0.1) is 70.2 Å². The molecular formula is C40H79N12O14P4-. The van der Waals surface area contributed by atoms with E-state index in [1.807, 2.05) is 92.5 Å². The zero-order valence-corrected chi connectivity index (χ0v) is 46.2. The van der Waals surface area contributed by atoms with Gasteiger partial charge in [-0.25, -0.2) is 27.7 Å². The molecule has 70 heavy (non-hydrogen) atoms. The quantitative estimate of drug-likeness (QED) is 0.113. The van der Waals surface area contributed by atoms with Crippen LogP contribution in [0.5, 0.6) is 0 Å². The number of likely N-dealkylation sites (N-methyl/N-ethyl adjacent to an activating group) is 6. The minimum absolute atomic E-state index is 0.0259. The number of phosphoric ester groups is 1. The molecule has 0 spiro atoms. The highest BCUT2D eigenvalue weighted by Crippen LogP contribution is 2.58. The molecular weight excluding hydrogens is 996 g/mol. The van der Waals surface area contributed by atoms with Crippen molar-refractivity contribution in [1.82, 2.24) is 43.4 Å². The van der Waals surface area contributed by atoms with Crippen LogP contribution in [0.2, 0.25) is 0 Å². The van der Waals surface area contributed by atoms with Crippen molar-refractivity contribution < 1.29 is 65.1 Å². The summed E-state index contributed by atoms with van der Waals surface area (Å²) in [5, 5.41) is 8.97. The summed E-state index contributed by atoms with van der Waals surface area (Å²) in [6, 6.07) is 0. The molecule has 30 heteroatoms. The number of guanidine groups is 3. The predicted molar refractivity (Wildman–Crippen MR) is 263 cm³/mol. The molecule has 0 radical (unpaired) electrons. The fourth-order valence-corrected chi connectivity index (χ4v) is 15.4. The maximum Gasteiger partial charge on any atom is 0.393 e. The van der Waals surface area contributed by atoms with E-state index < -0.39 is 54.7 Å². The third-order valence-corrected chi connectivity index (χ3v) is 19.7. The van der Waals surface area contributed by atoms with Crippen molar-refractivity contribution in [1.29, 1.82) is 0 Å². The molecule has 6 saturated heterocycles. The van der Waals surface area contributed by atoms with Gasteiger partial charge in [-0.05, 0) is 33.6 Å². The Labute approximate surface area is 414 Å². The lowest BCUT2D eigenvalue weighted by molar-refractivity contribution is -0.228. The Balaban J connectivity index is 1.16. The molecule has 404 valence electrons. The Morgan fingerprint density at radius 2 is 0.871 bits per heavy atom. The van der Waals surface area contributed by atoms with Gasteiger partial charge in [0.2, 0.25) is 17.9 Å². The average molecular weight is 1080 g/mol. The van der Waals surface area contributed by atoms with Crippen molar-refractivity contribution in [2.75, 3.05) is 174 Å². The highest BCUT2D eigenvalue weighted by atomic mass is 31.2. The van der Waals surface area contributed by atoms with Gasteiger partial charge in [0.1, 0.15) is 0 Å². The fraction of sp³-hybridized carbons (Fsp3) is 0.925. The second-order valence-corrected chi connectivity index (χ2v) is 26.8. The van der Waals surface area contributed by atoms with Crippen LogP contribution in [0.4, 0.5) is 0 Å². The number of morpholine rings is 3. The number of aliphatic hydroxyl groups is 1. The van der Waals surface area contributed by atoms with Crippen LogP contribution in [0.15, 0.2) is 14.3 Å². The summed E-state index contributed by atoms with van der Waals surface area (Å²) >= 11 is 0. The molecule has 1 N–H and O–H groups in total. The Morgan fingerprint density at radius 1 is 0.529 bits per heavy atom. The van der Waals surface area contributed by atoms with E-state index in [9.17, 15) is 14.0 Å². The van der Waals surface area contributed by atoms with E-state index in [0.717, 1.165) is 19.5 Å². The zero-order valence-electron chi connectivity index (χ0n) is 42.6. The maximum absolute atomic E-state index is 15.4. The van der Waals surface area contributed by atoms with Crippen molar-refractivity contribution in [3.05, 3.63) is 0 Å². The lowest BCUT2D eigenvalue weighted by atomic mass is 10.2. The average Bonchev–Trinajstić information content (AvgIpc) is 3.93. The van der Waals surface area contributed by atoms with Gasteiger partial charge < -0.3 is 62.7 Å². The molecule has 0 aliphatic carbocycles. The molecule has 0 aromatic heterocycles. The van der Waals surface area contributed by atoms with Gasteiger partial charge in [-0.2, -0.15) is 14.3 Å². The van der Waals surface area contributed by atoms with Crippen LogP contribution in [0.25, 0.3) is 0 Å². The van der Waals surface area contributed by atoms with Gasteiger partial charge in [-0.15, -0.1) is 0 Å². The van der Waals surface area contributed by atoms with Gasteiger partial charge in [0.15, 0.2) is 0 Å². The molecule has 6 aliphatic heterocycles. The molecule has 0 aromatic rings. The van der Waals surface area contributed by atoms with Crippen molar-refractivity contribution in [2.24, 2.45) is 14.3 Å². The monoisotopic (exact) mass is 1080 g/mol. The van der Waals surface area contributed by atoms with Crippen LogP contribution in [-0.4, -0.2) is 264 Å². The summed E-state index contributed by atoms with van der Waals surface area (Å²) in [5.74, 6) is 1.52. The van der Waals surface area contributed by atoms with Crippen LogP contribution in [0.3, 0.4) is 0 Å². The third-order valence-electron chi connectivity index (χ3n) is 12.4. The molecule has 0 aromatic carbocycles. The zero-order chi connectivity index (χ0) is 50.9. The lowest BCUT2D eigenvalue weighted by Gasteiger charge is -2.39. The second-order valence-electron chi connectivity index (χ2n) is 19.4. The van der Waals surface area contributed by atoms with Crippen LogP contribution < -0.4 is 4.89 Å². The van der Waals surface area contributed by atoms with Crippen LogP contribution in [-0.2, 0) is 55.1 Å². The molecule has 6 heterocycles. The minimum atomic E-state index is -4.66. The van der Waals surface area contributed by atoms with Crippen LogP contribution in [0.1, 0.15) is 46.5 Å². The number of rotatable bonds is 23. The van der Waals surface area contributed by atoms with Gasteiger partial charge in [-0.3, -0.25) is 18.1 Å². The first-order valence-electron chi connectivity index (χ1n) is 24.2. The summed E-state index contributed by atoms with van der Waals surface area (Å²) in [4.78, 5) is 24.1. The Kier molecular flexibility index (Phi) is 20.7. The summed E-state index contributed by atoms with van der Waals surface area (Å²) in [7, 11) is -5.44. The molecule has 6 fully saturated rings. The van der Waals surface area contributed by atoms with E-state index in [-0.39, 0.29) is 85.6 Å². The third kappa shape index (κ3) is 15.9. The van der Waals surface area contributed by atoms with E-state index in [1.54, 1.807) is 14.0 Å². The first-order valence-corrected chi connectivity index (χ1v) is 30.3. The molecule has 6 aliphatic rings. The van der Waals surface area contributed by atoms with Crippen LogP contribution in [0, 0.1) is 0 Å². The number of hydrogen-bond acceptors (Lipinski definition) is 14. The largest absolute Gasteiger partial charge is 0.756 e. The van der Waals surface area contributed by atoms with E-state index >= 15 is 9.13 Å². The van der Waals surface area contributed by atoms with Gasteiger partial charge in [-0.1, -0.05) is 12.8 Å². The first-order chi connectivity index (χ1) is 33.0. The summed E-state index contributed by atoms with van der Waals surface area (Å²) in [6.45, 7) is 10.1. The SMILES string of the molecule is CN1CCN(C)C1=NP(=O)(OC[C@@H]1CN(P(=O)(N=C2N(C)CCN2C)OC[C@@H]2CN(P(=O)(N=C3N(C)CCN3C)OC(C)(C)C)CCO2)CCO1)N1CCO[C@H](COP(=O)([O-])OCCCCCCO)C1. The first kappa shape index (κ1) is 57.5. The van der Waals surface area contributed by atoms with Gasteiger partial charge >= 0.3 is 23.0 Å². The number of aliphatic hydroxyl groups excluding tert-OH is 1. The number of phosphoric acid groups is 1. The highest BCUT2D eigenvalue weighted by molar-refractivity contribution is 7.56. The predicted octanol–water partition coefficient (Wildman–Crippen LogP) is 2.02. The van der Waals surface area contributed by atoms with Gasteiger partial charge in [0.25, 0.3) is 7.82 Å². The van der Waals surface area contributed by atoms with Crippen molar-refractivity contribution in [2.45, 2.75) is 70.4 Å². The highest BCUT2D eigenvalue weighted by Gasteiger charge is 2.45. The maximum atomic E-state index is 15.4.